The Balaban J connectivity index is 2.32. The molecule has 40 heavy (non-hydrogen) atoms. The molecule has 12 nitrogen and oxygen atoms in total. The van der Waals surface area contributed by atoms with Crippen molar-refractivity contribution in [2.45, 2.75) is 68.4 Å². The van der Waals surface area contributed by atoms with Crippen molar-refractivity contribution >= 4 is 33.7 Å². The summed E-state index contributed by atoms with van der Waals surface area (Å²) in [5, 5.41) is 17.6. The minimum Gasteiger partial charge on any atom is -0.481 e. The topological polar surface area (TPSA) is 212 Å². The summed E-state index contributed by atoms with van der Waals surface area (Å²) < 4.78 is 37.6. The summed E-state index contributed by atoms with van der Waals surface area (Å²) in [7, 11) is -4.02. The number of hydrogen-bond donors (Lipinski definition) is 5. The molecule has 0 heterocycles. The first kappa shape index (κ1) is 32.2. The molecule has 0 aromatic heterocycles. The first-order chi connectivity index (χ1) is 18.5. The van der Waals surface area contributed by atoms with E-state index in [9.17, 15) is 22.8 Å². The molecule has 0 fully saturated rings. The number of carboxylic acid groups (broad SMARTS) is 1. The van der Waals surface area contributed by atoms with Gasteiger partial charge in [-0.25, -0.2) is 13.2 Å². The van der Waals surface area contributed by atoms with Crippen LogP contribution in [-0.2, 0) is 40.1 Å². The second kappa shape index (κ2) is 13.4. The lowest BCUT2D eigenvalue weighted by Gasteiger charge is -2.26. The Bertz CT molecular complexity index is 1320. The Morgan fingerprint density at radius 2 is 1.60 bits per heavy atom. The molecule has 0 bridgehead atoms. The van der Waals surface area contributed by atoms with Crippen molar-refractivity contribution in [2.75, 3.05) is 6.54 Å². The summed E-state index contributed by atoms with van der Waals surface area (Å²) in [5.41, 5.74) is 12.0. The van der Waals surface area contributed by atoms with E-state index in [1.165, 1.54) is 36.4 Å². The van der Waals surface area contributed by atoms with Gasteiger partial charge in [-0.2, -0.15) is 0 Å². The third kappa shape index (κ3) is 9.65. The molecule has 0 spiro atoms. The number of esters is 2. The SMILES string of the molecule is Cc1ccc(S(=O)(=O)C(CNC(=N)N)C[C@H](N)C(=O)OC(C(=O)OC(C)(C)C)c2ccc(CC(=O)O)cc2)cc1. The van der Waals surface area contributed by atoms with Crippen molar-refractivity contribution in [2.24, 2.45) is 11.5 Å². The number of benzene rings is 2. The summed E-state index contributed by atoms with van der Waals surface area (Å²) >= 11 is 0. The number of ether oxygens (including phenoxy) is 2. The molecular weight excluding hydrogens is 540 g/mol. The van der Waals surface area contributed by atoms with Crippen molar-refractivity contribution in [1.29, 1.82) is 5.41 Å². The van der Waals surface area contributed by atoms with Crippen LogP contribution in [0, 0.1) is 12.3 Å². The summed E-state index contributed by atoms with van der Waals surface area (Å²) in [6, 6.07) is 10.5. The van der Waals surface area contributed by atoms with E-state index < -0.39 is 63.1 Å². The van der Waals surface area contributed by atoms with Gasteiger partial charge < -0.3 is 31.4 Å². The maximum atomic E-state index is 13.4. The third-order valence-electron chi connectivity index (χ3n) is 5.62. The summed E-state index contributed by atoms with van der Waals surface area (Å²) in [6.45, 7) is 6.40. The van der Waals surface area contributed by atoms with Crippen LogP contribution in [0.5, 0.6) is 0 Å². The molecule has 2 unspecified atom stereocenters. The van der Waals surface area contributed by atoms with Crippen LogP contribution in [-0.4, -0.2) is 60.8 Å². The molecule has 0 aliphatic rings. The Kier molecular flexibility index (Phi) is 10.8. The Labute approximate surface area is 233 Å². The average molecular weight is 577 g/mol. The zero-order valence-corrected chi connectivity index (χ0v) is 23.7. The van der Waals surface area contributed by atoms with Crippen LogP contribution in [0.15, 0.2) is 53.4 Å². The maximum absolute atomic E-state index is 13.4. The molecule has 3 atom stereocenters. The van der Waals surface area contributed by atoms with Crippen LogP contribution >= 0.6 is 0 Å². The summed E-state index contributed by atoms with van der Waals surface area (Å²) in [6.07, 6.45) is -2.19. The predicted octanol–water partition coefficient (Wildman–Crippen LogP) is 1.59. The van der Waals surface area contributed by atoms with Crippen LogP contribution in [0.25, 0.3) is 0 Å². The second-order valence-corrected chi connectivity index (χ2v) is 12.5. The van der Waals surface area contributed by atoms with Gasteiger partial charge in [-0.05, 0) is 51.8 Å². The van der Waals surface area contributed by atoms with Gasteiger partial charge in [0.1, 0.15) is 11.6 Å². The molecule has 0 saturated carbocycles. The summed E-state index contributed by atoms with van der Waals surface area (Å²) in [5.74, 6) is -3.45. The molecule has 2 rings (SSSR count). The molecule has 0 amide bonds. The van der Waals surface area contributed by atoms with Crippen LogP contribution in [0.3, 0.4) is 0 Å². The largest absolute Gasteiger partial charge is 0.481 e. The van der Waals surface area contributed by atoms with Crippen LogP contribution in [0.1, 0.15) is 50.0 Å². The van der Waals surface area contributed by atoms with E-state index in [0.717, 1.165) is 5.56 Å². The van der Waals surface area contributed by atoms with Crippen molar-refractivity contribution in [3.8, 4) is 0 Å². The number of nitrogens with one attached hydrogen (secondary N) is 2. The number of nitrogens with two attached hydrogens (primary N) is 2. The maximum Gasteiger partial charge on any atom is 0.352 e. The standard InChI is InChI=1S/C27H36N4O8S/c1-16-5-11-19(12-6-16)40(36,37)20(15-31-26(29)30)14-21(28)24(34)38-23(25(35)39-27(2,3)4)18-9-7-17(8-10-18)13-22(32)33/h5-12,20-21,23H,13-15,28H2,1-4H3,(H,32,33)(H4,29,30,31)/t20?,21-,23?/m0/s1. The highest BCUT2D eigenvalue weighted by molar-refractivity contribution is 7.92. The molecule has 0 aliphatic carbocycles. The van der Waals surface area contributed by atoms with E-state index in [-0.39, 0.29) is 23.4 Å². The number of aliphatic carboxylic acids is 1. The highest BCUT2D eigenvalue weighted by Crippen LogP contribution is 2.25. The van der Waals surface area contributed by atoms with E-state index in [4.69, 9.17) is 31.5 Å². The molecule has 0 aliphatic heterocycles. The van der Waals surface area contributed by atoms with Crippen molar-refractivity contribution < 1.29 is 37.4 Å². The van der Waals surface area contributed by atoms with Crippen LogP contribution < -0.4 is 16.8 Å². The van der Waals surface area contributed by atoms with Gasteiger partial charge in [-0.3, -0.25) is 15.0 Å². The fourth-order valence-electron chi connectivity index (χ4n) is 3.64. The van der Waals surface area contributed by atoms with Crippen LogP contribution in [0.2, 0.25) is 0 Å². The number of aryl methyl sites for hydroxylation is 1. The minimum atomic E-state index is -4.02. The van der Waals surface area contributed by atoms with Gasteiger partial charge in [0.2, 0.25) is 6.10 Å². The van der Waals surface area contributed by atoms with Gasteiger partial charge in [0.05, 0.1) is 16.6 Å². The van der Waals surface area contributed by atoms with Gasteiger partial charge >= 0.3 is 17.9 Å². The lowest BCUT2D eigenvalue weighted by molar-refractivity contribution is -0.177. The number of carbonyl (C=O) groups excluding carboxylic acids is 2. The molecular formula is C27H36N4O8S. The zero-order chi connectivity index (χ0) is 30.3. The first-order valence-corrected chi connectivity index (χ1v) is 13.9. The van der Waals surface area contributed by atoms with Crippen molar-refractivity contribution in [1.82, 2.24) is 5.32 Å². The number of guanidine groups is 1. The first-order valence-electron chi connectivity index (χ1n) is 12.4. The van der Waals surface area contributed by atoms with E-state index in [2.05, 4.69) is 5.32 Å². The Morgan fingerprint density at radius 3 is 2.10 bits per heavy atom. The highest BCUT2D eigenvalue weighted by atomic mass is 32.2. The molecule has 2 aromatic carbocycles. The number of rotatable bonds is 12. The molecule has 7 N–H and O–H groups in total. The molecule has 0 radical (unpaired) electrons. The van der Waals surface area contributed by atoms with E-state index >= 15 is 0 Å². The average Bonchev–Trinajstić information content (AvgIpc) is 2.84. The summed E-state index contributed by atoms with van der Waals surface area (Å²) in [4.78, 5) is 37.0. The lowest BCUT2D eigenvalue weighted by atomic mass is 10.0. The van der Waals surface area contributed by atoms with Gasteiger partial charge in [-0.1, -0.05) is 42.0 Å². The second-order valence-electron chi connectivity index (χ2n) is 10.3. The molecule has 218 valence electrons. The minimum absolute atomic E-state index is 0.00195. The van der Waals surface area contributed by atoms with Gasteiger partial charge in [-0.15, -0.1) is 0 Å². The smallest absolute Gasteiger partial charge is 0.352 e. The highest BCUT2D eigenvalue weighted by Gasteiger charge is 2.35. The quantitative estimate of drug-likeness (QED) is 0.139. The lowest BCUT2D eigenvalue weighted by Crippen LogP contribution is -2.45. The van der Waals surface area contributed by atoms with E-state index in [1.807, 2.05) is 0 Å². The third-order valence-corrected chi connectivity index (χ3v) is 7.79. The van der Waals surface area contributed by atoms with Crippen molar-refractivity contribution in [3.63, 3.8) is 0 Å². The molecule has 0 saturated heterocycles. The van der Waals surface area contributed by atoms with Gasteiger partial charge in [0.15, 0.2) is 15.8 Å². The fraction of sp³-hybridized carbons (Fsp3) is 0.407. The number of carboxylic acids is 1. The molecule has 2 aromatic rings. The fourth-order valence-corrected chi connectivity index (χ4v) is 5.30. The zero-order valence-electron chi connectivity index (χ0n) is 22.8. The van der Waals surface area contributed by atoms with E-state index in [1.54, 1.807) is 39.8 Å². The van der Waals surface area contributed by atoms with Gasteiger partial charge in [0, 0.05) is 12.1 Å². The number of carbonyl (C=O) groups is 3. The number of sulfone groups is 1. The number of hydrogen-bond acceptors (Lipinski definition) is 9. The normalized spacial score (nSPS) is 13.9. The molecule has 13 heteroatoms. The van der Waals surface area contributed by atoms with Crippen molar-refractivity contribution in [3.05, 3.63) is 65.2 Å². The predicted molar refractivity (Wildman–Crippen MR) is 147 cm³/mol. The monoisotopic (exact) mass is 576 g/mol. The van der Waals surface area contributed by atoms with Crippen LogP contribution in [0.4, 0.5) is 0 Å². The van der Waals surface area contributed by atoms with E-state index in [0.29, 0.717) is 5.56 Å². The van der Waals surface area contributed by atoms with Gasteiger partial charge in [0.25, 0.3) is 0 Å². The Hall–Kier alpha value is -3.97. The Morgan fingerprint density at radius 1 is 1.02 bits per heavy atom.